The van der Waals surface area contributed by atoms with E-state index in [4.69, 9.17) is 17.0 Å². The van der Waals surface area contributed by atoms with Crippen molar-refractivity contribution >= 4 is 39.6 Å². The van der Waals surface area contributed by atoms with Gasteiger partial charge in [-0.05, 0) is 57.4 Å². The second-order valence-corrected chi connectivity index (χ2v) is 8.20. The molecule has 2 heterocycles. The first-order valence-electron chi connectivity index (χ1n) is 9.16. The number of piperazine rings is 1. The predicted molar refractivity (Wildman–Crippen MR) is 107 cm³/mol. The van der Waals surface area contributed by atoms with Crippen LogP contribution in [0, 0.1) is 0 Å². The molecule has 5 nitrogen and oxygen atoms in total. The second-order valence-electron chi connectivity index (χ2n) is 6.71. The van der Waals surface area contributed by atoms with Crippen LogP contribution >= 0.6 is 23.6 Å². The average molecular weight is 382 g/mol. The summed E-state index contributed by atoms with van der Waals surface area (Å²) in [6, 6.07) is 0. The van der Waals surface area contributed by atoms with Crippen LogP contribution in [0.4, 0.5) is 5.00 Å². The Morgan fingerprint density at radius 3 is 2.64 bits per heavy atom. The quantitative estimate of drug-likeness (QED) is 0.493. The molecule has 0 saturated carbocycles. The molecule has 0 amide bonds. The number of carbonyl (C=O) groups excluding carboxylic acids is 1. The fraction of sp³-hybridized carbons (Fsp3) is 0.667. The van der Waals surface area contributed by atoms with Crippen molar-refractivity contribution in [2.45, 2.75) is 39.0 Å². The fourth-order valence-electron chi connectivity index (χ4n) is 3.44. The summed E-state index contributed by atoms with van der Waals surface area (Å²) in [6.07, 6.45) is 5.57. The molecule has 138 valence electrons. The first kappa shape index (κ1) is 18.6. The van der Waals surface area contributed by atoms with Gasteiger partial charge in [0.25, 0.3) is 0 Å². The smallest absolute Gasteiger partial charge is 0.341 e. The first-order chi connectivity index (χ1) is 12.1. The van der Waals surface area contributed by atoms with E-state index in [0.717, 1.165) is 61.1 Å². The molecule has 0 atom stereocenters. The Kier molecular flexibility index (Phi) is 6.30. The van der Waals surface area contributed by atoms with Crippen molar-refractivity contribution in [1.82, 2.24) is 9.80 Å². The van der Waals surface area contributed by atoms with Crippen LogP contribution in [-0.4, -0.2) is 60.7 Å². The molecule has 1 aliphatic heterocycles. The molecule has 1 aliphatic carbocycles. The number of anilines is 1. The number of esters is 1. The molecular formula is C18H27N3O2S2. The van der Waals surface area contributed by atoms with E-state index in [9.17, 15) is 4.79 Å². The van der Waals surface area contributed by atoms with Crippen LogP contribution in [0.2, 0.25) is 0 Å². The summed E-state index contributed by atoms with van der Waals surface area (Å²) >= 11 is 7.31. The standard InChI is InChI=1S/C18H27N3O2S2/c1-3-23-17(22)15-13-7-5-4-6-8-14(13)25-16(15)19-18(24)21-11-9-20(2)10-12-21/h3-12H2,1-2H3,(H,19,24). The summed E-state index contributed by atoms with van der Waals surface area (Å²) in [7, 11) is 2.13. The average Bonchev–Trinajstić information content (AvgIpc) is 2.76. The zero-order chi connectivity index (χ0) is 17.8. The van der Waals surface area contributed by atoms with Crippen molar-refractivity contribution in [2.24, 2.45) is 0 Å². The minimum absolute atomic E-state index is 0.217. The van der Waals surface area contributed by atoms with Gasteiger partial charge in [-0.2, -0.15) is 0 Å². The van der Waals surface area contributed by atoms with Crippen molar-refractivity contribution in [3.63, 3.8) is 0 Å². The van der Waals surface area contributed by atoms with Gasteiger partial charge < -0.3 is 19.9 Å². The van der Waals surface area contributed by atoms with E-state index in [1.165, 1.54) is 23.3 Å². The molecule has 1 fully saturated rings. The number of fused-ring (bicyclic) bond motifs is 1. The number of nitrogens with zero attached hydrogens (tertiary/aromatic N) is 2. The molecular weight excluding hydrogens is 354 g/mol. The lowest BCUT2D eigenvalue weighted by atomic mass is 10.1. The number of nitrogens with one attached hydrogen (secondary N) is 1. The number of rotatable bonds is 3. The number of thiophene rings is 1. The van der Waals surface area contributed by atoms with Gasteiger partial charge in [-0.25, -0.2) is 4.79 Å². The van der Waals surface area contributed by atoms with Crippen molar-refractivity contribution in [3.8, 4) is 0 Å². The largest absolute Gasteiger partial charge is 0.462 e. The number of likely N-dealkylation sites (N-methyl/N-ethyl adjacent to an activating group) is 1. The highest BCUT2D eigenvalue weighted by atomic mass is 32.1. The van der Waals surface area contributed by atoms with Gasteiger partial charge in [0.15, 0.2) is 5.11 Å². The van der Waals surface area contributed by atoms with Gasteiger partial charge in [0.2, 0.25) is 0 Å². The number of thiocarbonyl (C=S) groups is 1. The lowest BCUT2D eigenvalue weighted by Gasteiger charge is -2.34. The maximum atomic E-state index is 12.6. The summed E-state index contributed by atoms with van der Waals surface area (Å²) in [5.41, 5.74) is 1.91. The zero-order valence-corrected chi connectivity index (χ0v) is 16.7. The van der Waals surface area contributed by atoms with Crippen LogP contribution in [0.1, 0.15) is 47.0 Å². The van der Waals surface area contributed by atoms with Gasteiger partial charge in [0, 0.05) is 31.1 Å². The number of aryl methyl sites for hydroxylation is 1. The van der Waals surface area contributed by atoms with E-state index < -0.39 is 0 Å². The SMILES string of the molecule is CCOC(=O)c1c(NC(=S)N2CCN(C)CC2)sc2c1CCCCC2. The fourth-order valence-corrected chi connectivity index (χ4v) is 5.06. The van der Waals surface area contributed by atoms with Crippen LogP contribution in [0.3, 0.4) is 0 Å². The molecule has 0 spiro atoms. The molecule has 1 aromatic heterocycles. The Labute approximate surface area is 159 Å². The topological polar surface area (TPSA) is 44.8 Å². The van der Waals surface area contributed by atoms with Gasteiger partial charge in [0.1, 0.15) is 5.00 Å². The third-order valence-corrected chi connectivity index (χ3v) is 6.48. The van der Waals surface area contributed by atoms with Crippen molar-refractivity contribution in [3.05, 3.63) is 16.0 Å². The molecule has 0 unspecified atom stereocenters. The van der Waals surface area contributed by atoms with Crippen LogP contribution < -0.4 is 5.32 Å². The maximum Gasteiger partial charge on any atom is 0.341 e. The van der Waals surface area contributed by atoms with Crippen LogP contribution in [0.5, 0.6) is 0 Å². The van der Waals surface area contributed by atoms with Gasteiger partial charge in [-0.3, -0.25) is 0 Å². The molecule has 0 bridgehead atoms. The maximum absolute atomic E-state index is 12.6. The number of carbonyl (C=O) groups is 1. The Balaban J connectivity index is 1.82. The van der Waals surface area contributed by atoms with E-state index >= 15 is 0 Å². The number of hydrogen-bond acceptors (Lipinski definition) is 5. The highest BCUT2D eigenvalue weighted by Crippen LogP contribution is 2.38. The summed E-state index contributed by atoms with van der Waals surface area (Å²) < 4.78 is 5.34. The Morgan fingerprint density at radius 1 is 1.20 bits per heavy atom. The zero-order valence-electron chi connectivity index (χ0n) is 15.1. The van der Waals surface area contributed by atoms with E-state index in [-0.39, 0.29) is 5.97 Å². The summed E-state index contributed by atoms with van der Waals surface area (Å²) in [6.45, 7) is 6.10. The Bertz CT molecular complexity index is 637. The van der Waals surface area contributed by atoms with Crippen molar-refractivity contribution in [1.29, 1.82) is 0 Å². The minimum Gasteiger partial charge on any atom is -0.462 e. The Morgan fingerprint density at radius 2 is 1.92 bits per heavy atom. The molecule has 1 aromatic rings. The van der Waals surface area contributed by atoms with E-state index in [2.05, 4.69) is 22.2 Å². The number of ether oxygens (including phenoxy) is 1. The van der Waals surface area contributed by atoms with Crippen LogP contribution in [0.25, 0.3) is 0 Å². The molecule has 7 heteroatoms. The predicted octanol–water partition coefficient (Wildman–Crippen LogP) is 3.14. The molecule has 25 heavy (non-hydrogen) atoms. The molecule has 1 saturated heterocycles. The summed E-state index contributed by atoms with van der Waals surface area (Å²) in [5.74, 6) is -0.217. The van der Waals surface area contributed by atoms with E-state index in [1.807, 2.05) is 6.92 Å². The highest BCUT2D eigenvalue weighted by Gasteiger charge is 2.27. The first-order valence-corrected chi connectivity index (χ1v) is 10.4. The van der Waals surface area contributed by atoms with Crippen LogP contribution in [-0.2, 0) is 17.6 Å². The van der Waals surface area contributed by atoms with Gasteiger partial charge in [-0.1, -0.05) is 6.42 Å². The molecule has 0 aromatic carbocycles. The van der Waals surface area contributed by atoms with E-state index in [0.29, 0.717) is 6.61 Å². The van der Waals surface area contributed by atoms with Crippen molar-refractivity contribution in [2.75, 3.05) is 45.2 Å². The lowest BCUT2D eigenvalue weighted by Crippen LogP contribution is -2.48. The van der Waals surface area contributed by atoms with Gasteiger partial charge in [0.05, 0.1) is 12.2 Å². The minimum atomic E-state index is -0.217. The monoisotopic (exact) mass is 381 g/mol. The molecule has 0 radical (unpaired) electrons. The Hall–Kier alpha value is -1.18. The summed E-state index contributed by atoms with van der Waals surface area (Å²) in [4.78, 5) is 18.4. The van der Waals surface area contributed by atoms with Crippen molar-refractivity contribution < 1.29 is 9.53 Å². The third-order valence-electron chi connectivity index (χ3n) is 4.91. The van der Waals surface area contributed by atoms with E-state index in [1.54, 1.807) is 11.3 Å². The normalized spacial score (nSPS) is 18.4. The molecule has 1 N–H and O–H groups in total. The molecule has 3 rings (SSSR count). The summed E-state index contributed by atoms with van der Waals surface area (Å²) in [5, 5.41) is 4.96. The third kappa shape index (κ3) is 4.33. The van der Waals surface area contributed by atoms with Crippen LogP contribution in [0.15, 0.2) is 0 Å². The second kappa shape index (κ2) is 8.47. The highest BCUT2D eigenvalue weighted by molar-refractivity contribution is 7.80. The molecule has 2 aliphatic rings. The number of hydrogen-bond donors (Lipinski definition) is 1. The lowest BCUT2D eigenvalue weighted by molar-refractivity contribution is 0.0527. The van der Waals surface area contributed by atoms with Gasteiger partial charge >= 0.3 is 5.97 Å². The van der Waals surface area contributed by atoms with Gasteiger partial charge in [-0.15, -0.1) is 11.3 Å².